The Balaban J connectivity index is 1.96. The van der Waals surface area contributed by atoms with Gasteiger partial charge in [0.2, 0.25) is 0 Å². The first-order valence-corrected chi connectivity index (χ1v) is 10.2. The van der Waals surface area contributed by atoms with E-state index in [1.807, 2.05) is 19.1 Å². The molecule has 1 heterocycles. The third-order valence-electron chi connectivity index (χ3n) is 6.06. The summed E-state index contributed by atoms with van der Waals surface area (Å²) in [5.41, 5.74) is 0.519. The van der Waals surface area contributed by atoms with Crippen molar-refractivity contribution in [3.05, 3.63) is 95.1 Å². The number of urea groups is 1. The molecule has 1 saturated heterocycles. The Bertz CT molecular complexity index is 1270. The van der Waals surface area contributed by atoms with Gasteiger partial charge in [0.15, 0.2) is 5.72 Å². The van der Waals surface area contributed by atoms with E-state index in [0.29, 0.717) is 28.1 Å². The molecule has 0 spiro atoms. The Morgan fingerprint density at radius 2 is 1.38 bits per heavy atom. The van der Waals surface area contributed by atoms with Crippen molar-refractivity contribution in [1.82, 2.24) is 0 Å². The number of amides is 2. The lowest BCUT2D eigenvalue weighted by atomic mass is 9.83. The fourth-order valence-corrected chi connectivity index (χ4v) is 4.30. The highest BCUT2D eigenvalue weighted by atomic mass is 16.3. The van der Waals surface area contributed by atoms with E-state index in [0.717, 1.165) is 5.56 Å². The molecule has 4 rings (SSSR count). The second-order valence-electron chi connectivity index (χ2n) is 8.37. The number of hydrogen-bond acceptors (Lipinski definition) is 4. The van der Waals surface area contributed by atoms with Crippen LogP contribution in [0.5, 0.6) is 0 Å². The number of carbonyl (C=O) groups is 1. The Morgan fingerprint density at radius 1 is 0.812 bits per heavy atom. The highest BCUT2D eigenvalue weighted by Gasteiger charge is 2.64. The maximum absolute atomic E-state index is 13.9. The molecular weight excluding hydrogens is 400 g/mol. The predicted molar refractivity (Wildman–Crippen MR) is 122 cm³/mol. The van der Waals surface area contributed by atoms with Gasteiger partial charge in [-0.15, -0.1) is 0 Å². The number of hydrogen-bond donors (Lipinski definition) is 1. The molecule has 6 heteroatoms. The van der Waals surface area contributed by atoms with E-state index in [1.54, 1.807) is 74.5 Å². The van der Waals surface area contributed by atoms with Crippen molar-refractivity contribution in [2.24, 2.45) is 0 Å². The summed E-state index contributed by atoms with van der Waals surface area (Å²) < 4.78 is 0. The highest BCUT2D eigenvalue weighted by Crippen LogP contribution is 2.50. The molecule has 32 heavy (non-hydrogen) atoms. The van der Waals surface area contributed by atoms with Gasteiger partial charge in [-0.25, -0.2) is 4.79 Å². The monoisotopic (exact) mass is 422 g/mol. The maximum atomic E-state index is 13.9. The van der Waals surface area contributed by atoms with Gasteiger partial charge in [-0.2, -0.15) is 10.5 Å². The van der Waals surface area contributed by atoms with Gasteiger partial charge >= 0.3 is 6.03 Å². The van der Waals surface area contributed by atoms with Crippen molar-refractivity contribution in [1.29, 1.82) is 10.5 Å². The lowest BCUT2D eigenvalue weighted by Gasteiger charge is -2.42. The molecule has 0 aromatic heterocycles. The standard InChI is InChI=1S/C26H22N4O2/c1-18-7-11-23(12-8-18)30-24(31)29(22-13-9-19(16-27)10-14-22)25(2,3)26(30,32)21-6-4-5-20(15-21)17-28/h4-15,32H,1-3H3. The number of carbonyl (C=O) groups excluding carboxylic acids is 1. The summed E-state index contributed by atoms with van der Waals surface area (Å²) in [5.74, 6) is 0. The maximum Gasteiger partial charge on any atom is 0.332 e. The van der Waals surface area contributed by atoms with Gasteiger partial charge in [0.05, 0.1) is 28.8 Å². The molecule has 0 saturated carbocycles. The summed E-state index contributed by atoms with van der Waals surface area (Å²) in [6.07, 6.45) is 0. The SMILES string of the molecule is Cc1ccc(N2C(=O)N(c3ccc(C#N)cc3)C(C)(C)C2(O)c2cccc(C#N)c2)cc1. The summed E-state index contributed by atoms with van der Waals surface area (Å²) in [6, 6.07) is 24.5. The van der Waals surface area contributed by atoms with Gasteiger partial charge in [-0.3, -0.25) is 9.80 Å². The third-order valence-corrected chi connectivity index (χ3v) is 6.06. The molecule has 0 radical (unpaired) electrons. The number of benzene rings is 3. The van der Waals surface area contributed by atoms with Gasteiger partial charge in [0.1, 0.15) is 0 Å². The summed E-state index contributed by atoms with van der Waals surface area (Å²) in [5, 5.41) is 30.8. The molecule has 1 atom stereocenters. The fraction of sp³-hybridized carbons (Fsp3) is 0.192. The van der Waals surface area contributed by atoms with Gasteiger partial charge in [0, 0.05) is 16.9 Å². The van der Waals surface area contributed by atoms with Crippen molar-refractivity contribution in [3.8, 4) is 12.1 Å². The van der Waals surface area contributed by atoms with E-state index in [4.69, 9.17) is 5.26 Å². The lowest BCUT2D eigenvalue weighted by molar-refractivity contribution is -0.00249. The van der Waals surface area contributed by atoms with Crippen LogP contribution in [0.1, 0.15) is 36.1 Å². The van der Waals surface area contributed by atoms with Crippen LogP contribution >= 0.6 is 0 Å². The normalized spacial score (nSPS) is 19.5. The van der Waals surface area contributed by atoms with Crippen LogP contribution in [0.25, 0.3) is 0 Å². The summed E-state index contributed by atoms with van der Waals surface area (Å²) in [4.78, 5) is 16.8. The largest absolute Gasteiger partial charge is 0.365 e. The molecule has 1 fully saturated rings. The first kappa shape index (κ1) is 21.1. The first-order valence-electron chi connectivity index (χ1n) is 10.2. The van der Waals surface area contributed by atoms with Crippen LogP contribution < -0.4 is 9.80 Å². The van der Waals surface area contributed by atoms with E-state index in [1.165, 1.54) is 9.80 Å². The smallest absolute Gasteiger partial charge is 0.332 e. The third kappa shape index (κ3) is 3.01. The van der Waals surface area contributed by atoms with Crippen molar-refractivity contribution in [2.45, 2.75) is 32.0 Å². The predicted octanol–water partition coefficient (Wildman–Crippen LogP) is 4.81. The summed E-state index contributed by atoms with van der Waals surface area (Å²) in [6.45, 7) is 5.53. The molecule has 3 aromatic carbocycles. The molecule has 6 nitrogen and oxygen atoms in total. The molecule has 158 valence electrons. The second kappa shape index (κ2) is 7.53. The van der Waals surface area contributed by atoms with Crippen LogP contribution in [-0.2, 0) is 5.72 Å². The van der Waals surface area contributed by atoms with Crippen LogP contribution in [0, 0.1) is 29.6 Å². The van der Waals surface area contributed by atoms with Gasteiger partial charge < -0.3 is 5.11 Å². The Morgan fingerprint density at radius 3 is 1.97 bits per heavy atom. The van der Waals surface area contributed by atoms with E-state index in [2.05, 4.69) is 12.1 Å². The van der Waals surface area contributed by atoms with Crippen molar-refractivity contribution in [2.75, 3.05) is 9.80 Å². The molecule has 3 aromatic rings. The first-order chi connectivity index (χ1) is 15.2. The van der Waals surface area contributed by atoms with E-state index < -0.39 is 17.3 Å². The number of nitrogens with zero attached hydrogens (tertiary/aromatic N) is 4. The van der Waals surface area contributed by atoms with Crippen LogP contribution in [-0.4, -0.2) is 16.7 Å². The van der Waals surface area contributed by atoms with Crippen LogP contribution in [0.15, 0.2) is 72.8 Å². The molecule has 1 N–H and O–H groups in total. The number of anilines is 2. The average Bonchev–Trinajstić information content (AvgIpc) is 2.96. The number of rotatable bonds is 3. The van der Waals surface area contributed by atoms with Crippen LogP contribution in [0.2, 0.25) is 0 Å². The van der Waals surface area contributed by atoms with Crippen LogP contribution in [0.3, 0.4) is 0 Å². The zero-order valence-electron chi connectivity index (χ0n) is 18.1. The summed E-state index contributed by atoms with van der Waals surface area (Å²) >= 11 is 0. The minimum atomic E-state index is -1.78. The number of aryl methyl sites for hydroxylation is 1. The molecule has 2 amide bonds. The zero-order chi connectivity index (χ0) is 23.1. The highest BCUT2D eigenvalue weighted by molar-refractivity contribution is 6.09. The van der Waals surface area contributed by atoms with Gasteiger partial charge in [-0.1, -0.05) is 29.8 Å². The molecule has 1 aliphatic heterocycles. The van der Waals surface area contributed by atoms with Gasteiger partial charge in [0.25, 0.3) is 0 Å². The Hall–Kier alpha value is -4.13. The van der Waals surface area contributed by atoms with Gasteiger partial charge in [-0.05, 0) is 69.3 Å². The van der Waals surface area contributed by atoms with Crippen molar-refractivity contribution in [3.63, 3.8) is 0 Å². The molecule has 1 aliphatic rings. The fourth-order valence-electron chi connectivity index (χ4n) is 4.30. The Labute approximate surface area is 187 Å². The molecule has 0 aliphatic carbocycles. The van der Waals surface area contributed by atoms with Crippen molar-refractivity contribution >= 4 is 17.4 Å². The average molecular weight is 422 g/mol. The van der Waals surface area contributed by atoms with E-state index in [9.17, 15) is 15.2 Å². The van der Waals surface area contributed by atoms with E-state index in [-0.39, 0.29) is 0 Å². The quantitative estimate of drug-likeness (QED) is 0.656. The topological polar surface area (TPSA) is 91.4 Å². The number of aliphatic hydroxyl groups is 1. The minimum absolute atomic E-state index is 0.389. The van der Waals surface area contributed by atoms with Crippen LogP contribution in [0.4, 0.5) is 16.2 Å². The van der Waals surface area contributed by atoms with E-state index >= 15 is 0 Å². The molecule has 0 bridgehead atoms. The molecule has 1 unspecified atom stereocenters. The second-order valence-corrected chi connectivity index (χ2v) is 8.37. The lowest BCUT2D eigenvalue weighted by Crippen LogP contribution is -2.56. The van der Waals surface area contributed by atoms with Crippen molar-refractivity contribution < 1.29 is 9.90 Å². The summed E-state index contributed by atoms with van der Waals surface area (Å²) in [7, 11) is 0. The Kier molecular flexibility index (Phi) is 4.97. The number of nitriles is 2. The minimum Gasteiger partial charge on any atom is -0.365 e. The zero-order valence-corrected chi connectivity index (χ0v) is 18.1. The molecular formula is C26H22N4O2.